The van der Waals surface area contributed by atoms with Crippen molar-refractivity contribution in [2.75, 3.05) is 19.8 Å². The predicted molar refractivity (Wildman–Crippen MR) is 200 cm³/mol. The summed E-state index contributed by atoms with van der Waals surface area (Å²) < 4.78 is 24.0. The first-order chi connectivity index (χ1) is 26.1. The molecule has 0 unspecified atom stereocenters. The van der Waals surface area contributed by atoms with Crippen molar-refractivity contribution < 1.29 is 70.0 Å². The summed E-state index contributed by atoms with van der Waals surface area (Å²) in [6.45, 7) is 13.9. The largest absolute Gasteiger partial charge is 0.396 e. The fraction of sp³-hybridized carbons (Fsp3) is 0.952. The zero-order chi connectivity index (χ0) is 41.1. The first-order valence-corrected chi connectivity index (χ1v) is 21.0. The standard InChI is InChI=1S/C42H70O14/c1-20-28(48)33(56-35-31(51)30(50)29(49)24(17-43)54-35)32(52)36(53-20)55-27-9-10-38(4)25(39(27,5)18-44)8-11-40(6)34(38)23(46)14-21-22-15-37(2,3)12-13-42(22,19-45)26(47)16-41(21,40)7/h14,20,22-36,43-52H,8-13,15-19H2,1-7H3/t20-,22+,23-,24-,25-,26-,27+,28+,29-,30+,31-,32-,33+,34-,35+,36+,38+,39+,40-,41-,42-/m1/s1. The minimum Gasteiger partial charge on any atom is -0.396 e. The fourth-order valence-electron chi connectivity index (χ4n) is 13.8. The Hall–Kier alpha value is -0.820. The maximum atomic E-state index is 12.4. The molecule has 0 aromatic heterocycles. The summed E-state index contributed by atoms with van der Waals surface area (Å²) in [6, 6.07) is 0. The molecule has 0 aromatic rings. The van der Waals surface area contributed by atoms with Gasteiger partial charge < -0.3 is 70.0 Å². The highest BCUT2D eigenvalue weighted by Gasteiger charge is 2.72. The Morgan fingerprint density at radius 1 is 0.714 bits per heavy atom. The molecule has 6 fully saturated rings. The van der Waals surface area contributed by atoms with Gasteiger partial charge in [0.15, 0.2) is 12.6 Å². The molecule has 21 atom stereocenters. The molecule has 0 amide bonds. The highest BCUT2D eigenvalue weighted by Crippen LogP contribution is 2.76. The number of aliphatic hydroxyl groups is 10. The molecule has 5 aliphatic carbocycles. The molecule has 4 saturated carbocycles. The number of ether oxygens (including phenoxy) is 4. The molecule has 0 radical (unpaired) electrons. The van der Waals surface area contributed by atoms with Gasteiger partial charge in [-0.25, -0.2) is 0 Å². The van der Waals surface area contributed by atoms with Crippen LogP contribution in [0, 0.1) is 50.2 Å². The van der Waals surface area contributed by atoms with E-state index in [4.69, 9.17) is 18.9 Å². The zero-order valence-electron chi connectivity index (χ0n) is 34.2. The first kappa shape index (κ1) is 43.3. The Morgan fingerprint density at radius 2 is 1.39 bits per heavy atom. The third-order valence-corrected chi connectivity index (χ3v) is 17.4. The van der Waals surface area contributed by atoms with E-state index in [1.54, 1.807) is 6.92 Å². The average molecular weight is 799 g/mol. The van der Waals surface area contributed by atoms with Crippen molar-refractivity contribution in [3.8, 4) is 0 Å². The Bertz CT molecular complexity index is 1480. The molecule has 10 N–H and O–H groups in total. The van der Waals surface area contributed by atoms with E-state index in [0.717, 1.165) is 32.1 Å². The van der Waals surface area contributed by atoms with Crippen LogP contribution in [0.4, 0.5) is 0 Å². The number of allylic oxidation sites excluding steroid dienone is 1. The van der Waals surface area contributed by atoms with Crippen molar-refractivity contribution in [2.45, 2.75) is 180 Å². The van der Waals surface area contributed by atoms with Gasteiger partial charge in [-0.3, -0.25) is 0 Å². The molecular weight excluding hydrogens is 728 g/mol. The number of hydrogen-bond acceptors (Lipinski definition) is 14. The SMILES string of the molecule is C[C@H]1O[C@@H](O[C@H]2CC[C@@]3(C)[C@@H](CC[C@]4(C)[C@@H]3[C@H](O)C=C3[C@@H]5CC(C)(C)CC[C@]5(CO)[C@H](O)C[C@]34C)[C@]2(C)CO)[C@H](O)[C@@H](O[C@@H]2O[C@H](CO)[C@@H](O)[C@H](O)[C@H]2O)[C@H]1O. The molecule has 0 spiro atoms. The number of rotatable bonds is 7. The molecule has 2 saturated heterocycles. The minimum absolute atomic E-state index is 0.0351. The van der Waals surface area contributed by atoms with Crippen LogP contribution in [0.25, 0.3) is 0 Å². The van der Waals surface area contributed by atoms with E-state index < -0.39 is 113 Å². The molecule has 0 aromatic carbocycles. The summed E-state index contributed by atoms with van der Waals surface area (Å²) in [5, 5.41) is 110. The van der Waals surface area contributed by atoms with E-state index in [0.29, 0.717) is 19.3 Å². The molecule has 0 bridgehead atoms. The van der Waals surface area contributed by atoms with Gasteiger partial charge in [0, 0.05) is 16.7 Å². The van der Waals surface area contributed by atoms with E-state index in [2.05, 4.69) is 40.7 Å². The Labute approximate surface area is 330 Å². The number of fused-ring (bicyclic) bond motifs is 7. The molecule has 2 aliphatic heterocycles. The fourth-order valence-corrected chi connectivity index (χ4v) is 13.8. The van der Waals surface area contributed by atoms with Gasteiger partial charge in [0.1, 0.15) is 42.7 Å². The lowest BCUT2D eigenvalue weighted by atomic mass is 9.33. The monoisotopic (exact) mass is 798 g/mol. The van der Waals surface area contributed by atoms with Gasteiger partial charge in [-0.1, -0.05) is 53.2 Å². The van der Waals surface area contributed by atoms with E-state index in [9.17, 15) is 51.1 Å². The van der Waals surface area contributed by atoms with Gasteiger partial charge in [-0.05, 0) is 91.8 Å². The summed E-state index contributed by atoms with van der Waals surface area (Å²) in [4.78, 5) is 0. The van der Waals surface area contributed by atoms with E-state index >= 15 is 0 Å². The van der Waals surface area contributed by atoms with Gasteiger partial charge in [-0.15, -0.1) is 0 Å². The van der Waals surface area contributed by atoms with Gasteiger partial charge >= 0.3 is 0 Å². The molecular formula is C42H70O14. The molecule has 2 heterocycles. The van der Waals surface area contributed by atoms with Crippen molar-refractivity contribution in [3.05, 3.63) is 11.6 Å². The Balaban J connectivity index is 1.15. The van der Waals surface area contributed by atoms with Crippen LogP contribution in [0.5, 0.6) is 0 Å². The third kappa shape index (κ3) is 6.17. The topological polar surface area (TPSA) is 239 Å². The highest BCUT2D eigenvalue weighted by atomic mass is 16.7. The zero-order valence-corrected chi connectivity index (χ0v) is 34.2. The summed E-state index contributed by atoms with van der Waals surface area (Å²) in [5.41, 5.74) is -1.56. The van der Waals surface area contributed by atoms with E-state index in [-0.39, 0.29) is 36.4 Å². The van der Waals surface area contributed by atoms with E-state index in [1.807, 2.05) is 6.92 Å². The summed E-state index contributed by atoms with van der Waals surface area (Å²) >= 11 is 0. The smallest absolute Gasteiger partial charge is 0.187 e. The normalized spacial score (nSPS) is 56.9. The lowest BCUT2D eigenvalue weighted by Gasteiger charge is -2.72. The van der Waals surface area contributed by atoms with Crippen molar-refractivity contribution in [1.82, 2.24) is 0 Å². The van der Waals surface area contributed by atoms with Crippen LogP contribution in [-0.2, 0) is 18.9 Å². The maximum absolute atomic E-state index is 12.4. The third-order valence-electron chi connectivity index (χ3n) is 17.4. The molecule has 14 nitrogen and oxygen atoms in total. The van der Waals surface area contributed by atoms with Crippen LogP contribution in [0.2, 0.25) is 0 Å². The molecule has 7 aliphatic rings. The lowest BCUT2D eigenvalue weighted by Crippen LogP contribution is -2.70. The minimum atomic E-state index is -1.75. The predicted octanol–water partition coefficient (Wildman–Crippen LogP) is 0.731. The summed E-state index contributed by atoms with van der Waals surface area (Å²) in [6.07, 6.45) is -9.02. The second kappa shape index (κ2) is 14.7. The van der Waals surface area contributed by atoms with E-state index in [1.165, 1.54) is 5.57 Å². The van der Waals surface area contributed by atoms with Gasteiger partial charge in [-0.2, -0.15) is 0 Å². The Kier molecular flexibility index (Phi) is 11.3. The quantitative estimate of drug-likeness (QED) is 0.126. The lowest BCUT2D eigenvalue weighted by molar-refractivity contribution is -0.368. The van der Waals surface area contributed by atoms with Crippen LogP contribution in [0.15, 0.2) is 11.6 Å². The van der Waals surface area contributed by atoms with Gasteiger partial charge in [0.25, 0.3) is 0 Å². The van der Waals surface area contributed by atoms with Crippen molar-refractivity contribution in [2.24, 2.45) is 50.2 Å². The second-order valence-corrected chi connectivity index (χ2v) is 20.8. The van der Waals surface area contributed by atoms with Crippen molar-refractivity contribution in [1.29, 1.82) is 0 Å². The number of aliphatic hydroxyl groups excluding tert-OH is 10. The molecule has 7 rings (SSSR count). The highest BCUT2D eigenvalue weighted by molar-refractivity contribution is 5.37. The van der Waals surface area contributed by atoms with Crippen LogP contribution in [0.1, 0.15) is 99.8 Å². The number of hydrogen-bond donors (Lipinski definition) is 10. The molecule has 14 heteroatoms. The maximum Gasteiger partial charge on any atom is 0.187 e. The van der Waals surface area contributed by atoms with Gasteiger partial charge in [0.05, 0.1) is 44.2 Å². The van der Waals surface area contributed by atoms with Crippen LogP contribution in [-0.4, -0.2) is 151 Å². The summed E-state index contributed by atoms with van der Waals surface area (Å²) in [7, 11) is 0. The first-order valence-electron chi connectivity index (χ1n) is 21.0. The van der Waals surface area contributed by atoms with Crippen molar-refractivity contribution in [3.63, 3.8) is 0 Å². The van der Waals surface area contributed by atoms with Gasteiger partial charge in [0.2, 0.25) is 0 Å². The molecule has 322 valence electrons. The Morgan fingerprint density at radius 3 is 2.04 bits per heavy atom. The second-order valence-electron chi connectivity index (χ2n) is 20.8. The van der Waals surface area contributed by atoms with Crippen LogP contribution >= 0.6 is 0 Å². The van der Waals surface area contributed by atoms with Crippen LogP contribution < -0.4 is 0 Å². The molecule has 56 heavy (non-hydrogen) atoms. The van der Waals surface area contributed by atoms with Crippen molar-refractivity contribution >= 4 is 0 Å². The van der Waals surface area contributed by atoms with Crippen LogP contribution in [0.3, 0.4) is 0 Å². The average Bonchev–Trinajstić information content (AvgIpc) is 3.14. The summed E-state index contributed by atoms with van der Waals surface area (Å²) in [5.74, 6) is -0.373.